The number of hydrogen-bond acceptors (Lipinski definition) is 7. The van der Waals surface area contributed by atoms with E-state index in [1.165, 1.54) is 0 Å². The maximum Gasteiger partial charge on any atom is 0.198 e. The van der Waals surface area contributed by atoms with E-state index in [-0.39, 0.29) is 11.6 Å². The molecule has 6 N–H and O–H groups in total. The molecular formula is C17H19N5O2. The highest BCUT2D eigenvalue weighted by atomic mass is 16.1. The number of anilines is 2. The van der Waals surface area contributed by atoms with Crippen LogP contribution in [0.15, 0.2) is 30.3 Å². The normalized spacial score (nSPS) is 12.6. The topological polar surface area (TPSA) is 123 Å². The number of carbonyl (C=O) groups is 2. The van der Waals surface area contributed by atoms with Crippen LogP contribution in [0.3, 0.4) is 0 Å². The molecule has 24 heavy (non-hydrogen) atoms. The first-order valence-electron chi connectivity index (χ1n) is 7.78. The summed E-state index contributed by atoms with van der Waals surface area (Å²) in [4.78, 5) is 30.1. The molecule has 0 bridgehead atoms. The predicted octanol–water partition coefficient (Wildman–Crippen LogP) is 0.598. The molecule has 3 rings (SSSR count). The Morgan fingerprint density at radius 2 is 1.50 bits per heavy atom. The van der Waals surface area contributed by atoms with E-state index in [0.29, 0.717) is 60.1 Å². The van der Waals surface area contributed by atoms with Crippen LogP contribution in [0.5, 0.6) is 0 Å². The fraction of sp³-hybridized carbons (Fsp3) is 0.235. The number of nitrogens with one attached hydrogen (secondary N) is 2. The summed E-state index contributed by atoms with van der Waals surface area (Å²) < 4.78 is 0. The monoisotopic (exact) mass is 325 g/mol. The number of rotatable bonds is 6. The van der Waals surface area contributed by atoms with Gasteiger partial charge in [-0.3, -0.25) is 9.59 Å². The molecule has 1 aliphatic rings. The minimum atomic E-state index is -0.211. The molecule has 7 heteroatoms. The molecule has 0 spiro atoms. The fourth-order valence-corrected chi connectivity index (χ4v) is 2.72. The number of aromatic nitrogens is 1. The number of nitrogens with two attached hydrogens (primary N) is 2. The summed E-state index contributed by atoms with van der Waals surface area (Å²) in [5.41, 5.74) is 12.5. The third-order valence-electron chi connectivity index (χ3n) is 3.79. The molecule has 0 fully saturated rings. The van der Waals surface area contributed by atoms with Gasteiger partial charge < -0.3 is 22.1 Å². The van der Waals surface area contributed by atoms with Crippen LogP contribution in [-0.2, 0) is 0 Å². The summed E-state index contributed by atoms with van der Waals surface area (Å²) in [6, 6.07) is 8.42. The van der Waals surface area contributed by atoms with E-state index in [1.807, 2.05) is 0 Å². The third-order valence-corrected chi connectivity index (χ3v) is 3.79. The molecule has 0 unspecified atom stereocenters. The van der Waals surface area contributed by atoms with Crippen molar-refractivity contribution < 1.29 is 9.59 Å². The number of pyridine rings is 1. The van der Waals surface area contributed by atoms with Crippen molar-refractivity contribution in [2.75, 3.05) is 36.8 Å². The van der Waals surface area contributed by atoms with Crippen molar-refractivity contribution in [3.63, 3.8) is 0 Å². The van der Waals surface area contributed by atoms with Crippen LogP contribution in [0.25, 0.3) is 0 Å². The number of hydrogen-bond donors (Lipinski definition) is 4. The van der Waals surface area contributed by atoms with Crippen LogP contribution in [0.2, 0.25) is 0 Å². The van der Waals surface area contributed by atoms with Gasteiger partial charge in [-0.2, -0.15) is 0 Å². The molecule has 1 heterocycles. The predicted molar refractivity (Wildman–Crippen MR) is 92.6 cm³/mol. The number of benzene rings is 1. The Kier molecular flexibility index (Phi) is 4.54. The Bertz CT molecular complexity index is 804. The third kappa shape index (κ3) is 2.75. The second-order valence-electron chi connectivity index (χ2n) is 5.41. The van der Waals surface area contributed by atoms with Gasteiger partial charge in [-0.05, 0) is 6.07 Å². The summed E-state index contributed by atoms with van der Waals surface area (Å²) in [5, 5.41) is 6.09. The van der Waals surface area contributed by atoms with Crippen LogP contribution >= 0.6 is 0 Å². The second kappa shape index (κ2) is 6.77. The molecule has 0 radical (unpaired) electrons. The van der Waals surface area contributed by atoms with Crippen LogP contribution in [0, 0.1) is 0 Å². The molecule has 0 saturated heterocycles. The Balaban J connectivity index is 2.14. The first-order chi connectivity index (χ1) is 11.7. The highest BCUT2D eigenvalue weighted by Gasteiger charge is 2.32. The summed E-state index contributed by atoms with van der Waals surface area (Å²) in [6.45, 7) is 1.78. The Morgan fingerprint density at radius 1 is 0.875 bits per heavy atom. The lowest BCUT2D eigenvalue weighted by atomic mass is 9.84. The number of carbonyl (C=O) groups excluding carboxylic acids is 2. The zero-order chi connectivity index (χ0) is 17.1. The number of fused-ring (bicyclic) bond motifs is 2. The van der Waals surface area contributed by atoms with Crippen molar-refractivity contribution in [2.45, 2.75) is 0 Å². The SMILES string of the molecule is NCCNc1cc2c(c(NCCN)n1)C(=O)c1ccccc1C2=O. The van der Waals surface area contributed by atoms with Crippen LogP contribution in [0.1, 0.15) is 31.8 Å². The molecule has 1 aliphatic carbocycles. The van der Waals surface area contributed by atoms with Gasteiger partial charge in [-0.15, -0.1) is 0 Å². The van der Waals surface area contributed by atoms with E-state index >= 15 is 0 Å². The van der Waals surface area contributed by atoms with E-state index in [1.54, 1.807) is 30.3 Å². The van der Waals surface area contributed by atoms with Crippen molar-refractivity contribution in [2.24, 2.45) is 11.5 Å². The van der Waals surface area contributed by atoms with Gasteiger partial charge in [0.25, 0.3) is 0 Å². The number of ketones is 2. The largest absolute Gasteiger partial charge is 0.369 e. The van der Waals surface area contributed by atoms with E-state index in [9.17, 15) is 9.59 Å². The van der Waals surface area contributed by atoms with Gasteiger partial charge in [0, 0.05) is 42.9 Å². The minimum Gasteiger partial charge on any atom is -0.369 e. The van der Waals surface area contributed by atoms with E-state index < -0.39 is 0 Å². The lowest BCUT2D eigenvalue weighted by Crippen LogP contribution is -2.25. The van der Waals surface area contributed by atoms with E-state index in [2.05, 4.69) is 15.6 Å². The van der Waals surface area contributed by atoms with Gasteiger partial charge in [-0.1, -0.05) is 24.3 Å². The summed E-state index contributed by atoms with van der Waals surface area (Å²) in [7, 11) is 0. The molecular weight excluding hydrogens is 306 g/mol. The van der Waals surface area contributed by atoms with Crippen LogP contribution in [0.4, 0.5) is 11.6 Å². The maximum absolute atomic E-state index is 12.9. The average Bonchev–Trinajstić information content (AvgIpc) is 2.62. The molecule has 0 aliphatic heterocycles. The lowest BCUT2D eigenvalue weighted by molar-refractivity contribution is 0.0979. The molecule has 7 nitrogen and oxygen atoms in total. The fourth-order valence-electron chi connectivity index (χ4n) is 2.72. The molecule has 1 aromatic heterocycles. The smallest absolute Gasteiger partial charge is 0.198 e. The van der Waals surface area contributed by atoms with Crippen molar-refractivity contribution in [1.82, 2.24) is 4.98 Å². The van der Waals surface area contributed by atoms with Gasteiger partial charge in [0.2, 0.25) is 0 Å². The van der Waals surface area contributed by atoms with Crippen molar-refractivity contribution in [1.29, 1.82) is 0 Å². The summed E-state index contributed by atoms with van der Waals surface area (Å²) in [6.07, 6.45) is 0. The quantitative estimate of drug-likeness (QED) is 0.523. The second-order valence-corrected chi connectivity index (χ2v) is 5.41. The first kappa shape index (κ1) is 16.1. The Hall–Kier alpha value is -2.77. The van der Waals surface area contributed by atoms with Crippen LogP contribution < -0.4 is 22.1 Å². The molecule has 1 aromatic carbocycles. The zero-order valence-corrected chi connectivity index (χ0v) is 13.1. The summed E-state index contributed by atoms with van der Waals surface area (Å²) >= 11 is 0. The summed E-state index contributed by atoms with van der Waals surface area (Å²) in [5.74, 6) is 0.469. The minimum absolute atomic E-state index is 0.186. The molecule has 2 aromatic rings. The molecule has 0 atom stereocenters. The van der Waals surface area contributed by atoms with Crippen molar-refractivity contribution in [3.05, 3.63) is 52.6 Å². The molecule has 0 amide bonds. The van der Waals surface area contributed by atoms with Crippen molar-refractivity contribution >= 4 is 23.2 Å². The highest BCUT2D eigenvalue weighted by Crippen LogP contribution is 2.32. The van der Waals surface area contributed by atoms with E-state index in [4.69, 9.17) is 11.5 Å². The first-order valence-corrected chi connectivity index (χ1v) is 7.78. The zero-order valence-electron chi connectivity index (χ0n) is 13.1. The number of nitrogens with zero attached hydrogens (tertiary/aromatic N) is 1. The maximum atomic E-state index is 12.9. The van der Waals surface area contributed by atoms with Gasteiger partial charge in [-0.25, -0.2) is 4.98 Å². The van der Waals surface area contributed by atoms with E-state index in [0.717, 1.165) is 0 Å². The Morgan fingerprint density at radius 3 is 2.17 bits per heavy atom. The van der Waals surface area contributed by atoms with Gasteiger partial charge in [0.1, 0.15) is 11.6 Å². The highest BCUT2D eigenvalue weighted by molar-refractivity contribution is 6.30. The molecule has 124 valence electrons. The van der Waals surface area contributed by atoms with Crippen molar-refractivity contribution in [3.8, 4) is 0 Å². The van der Waals surface area contributed by atoms with Crippen LogP contribution in [-0.4, -0.2) is 42.7 Å². The average molecular weight is 325 g/mol. The lowest BCUT2D eigenvalue weighted by Gasteiger charge is -2.21. The van der Waals surface area contributed by atoms with Gasteiger partial charge >= 0.3 is 0 Å². The Labute approximate surface area is 139 Å². The van der Waals surface area contributed by atoms with Gasteiger partial charge in [0.15, 0.2) is 11.6 Å². The molecule has 0 saturated carbocycles. The van der Waals surface area contributed by atoms with Gasteiger partial charge in [0.05, 0.1) is 5.56 Å². The standard InChI is InChI=1S/C17H19N5O2/c18-5-7-20-13-9-12-14(17(22-13)21-8-6-19)16(24)11-4-2-1-3-10(11)15(12)23/h1-4,9H,5-8,18-19H2,(H2,20,21,22).